The van der Waals surface area contributed by atoms with Gasteiger partial charge in [0.25, 0.3) is 0 Å². The van der Waals surface area contributed by atoms with Crippen molar-refractivity contribution in [2.24, 2.45) is 0 Å². The lowest BCUT2D eigenvalue weighted by Crippen LogP contribution is -2.42. The molecule has 338 valence electrons. The summed E-state index contributed by atoms with van der Waals surface area (Å²) in [6, 6.07) is 92.5. The quantitative estimate of drug-likeness (QED) is 0.136. The largest absolute Gasteiger partial charge is 0.332 e. The third kappa shape index (κ3) is 7.40. The fourth-order valence-corrected chi connectivity index (χ4v) is 11.2. The van der Waals surface area contributed by atoms with E-state index in [4.69, 9.17) is 0 Å². The lowest BCUT2D eigenvalue weighted by Gasteiger charge is -2.43. The van der Waals surface area contributed by atoms with Gasteiger partial charge in [-0.2, -0.15) is 0 Å². The number of hydrogen-bond donors (Lipinski definition) is 0. The van der Waals surface area contributed by atoms with Crippen molar-refractivity contribution in [2.75, 3.05) is 9.80 Å². The van der Waals surface area contributed by atoms with E-state index in [9.17, 15) is 0 Å². The van der Waals surface area contributed by atoms with Gasteiger partial charge in [0.05, 0.1) is 27.6 Å². The Morgan fingerprint density at radius 1 is 0.352 bits per heavy atom. The second kappa shape index (κ2) is 17.4. The first-order valence-electron chi connectivity index (χ1n) is 24.6. The summed E-state index contributed by atoms with van der Waals surface area (Å²) in [4.78, 5) is 4.92. The molecule has 10 aromatic carbocycles. The summed E-state index contributed by atoms with van der Waals surface area (Å²) >= 11 is 0. The molecule has 0 bridgehead atoms. The standard InChI is InChI=1S/C67H50N4/c1-67(71(55-31-12-5-13-32-55)58-39-41-62-60-35-15-17-37-64(60)70(66(62)46-58)54-29-10-4-11-30-54)42-20-24-51(47-67)49-22-18-21-48(43-49)50-23-19-33-56(44-50)68(52-25-6-2-7-26-52)57-38-40-61-59-34-14-16-36-63(59)69(65(61)45-57)53-27-8-3-9-28-53/h2-46H,47H2,1H3/t67-/m1/s1. The van der Waals surface area contributed by atoms with Gasteiger partial charge >= 0.3 is 0 Å². The fraction of sp³-hybridized carbons (Fsp3) is 0.0448. The Kier molecular flexibility index (Phi) is 10.3. The molecule has 0 saturated heterocycles. The highest BCUT2D eigenvalue weighted by Crippen LogP contribution is 2.45. The molecule has 0 amide bonds. The Morgan fingerprint density at radius 3 is 1.42 bits per heavy atom. The molecule has 1 atom stereocenters. The summed E-state index contributed by atoms with van der Waals surface area (Å²) in [5.74, 6) is 0. The van der Waals surface area contributed by atoms with Crippen molar-refractivity contribution in [1.82, 2.24) is 9.13 Å². The normalized spacial score (nSPS) is 14.6. The van der Waals surface area contributed by atoms with Crippen LogP contribution in [0.25, 0.3) is 71.7 Å². The molecule has 2 aromatic heterocycles. The van der Waals surface area contributed by atoms with E-state index in [0.29, 0.717) is 0 Å². The molecule has 13 rings (SSSR count). The average Bonchev–Trinajstić information content (AvgIpc) is 3.94. The monoisotopic (exact) mass is 910 g/mol. The molecule has 0 spiro atoms. The van der Waals surface area contributed by atoms with E-state index >= 15 is 0 Å². The van der Waals surface area contributed by atoms with Gasteiger partial charge in [0, 0.05) is 61.4 Å². The van der Waals surface area contributed by atoms with Crippen LogP contribution in [0, 0.1) is 0 Å². The van der Waals surface area contributed by atoms with Crippen LogP contribution in [-0.4, -0.2) is 14.7 Å². The first-order chi connectivity index (χ1) is 35.1. The van der Waals surface area contributed by atoms with E-state index in [-0.39, 0.29) is 5.54 Å². The maximum Gasteiger partial charge on any atom is 0.0648 e. The van der Waals surface area contributed by atoms with E-state index in [0.717, 1.165) is 51.8 Å². The second-order valence-electron chi connectivity index (χ2n) is 18.8. The minimum Gasteiger partial charge on any atom is -0.332 e. The summed E-state index contributed by atoms with van der Waals surface area (Å²) in [6.07, 6.45) is 7.75. The number of fused-ring (bicyclic) bond motifs is 6. The number of rotatable bonds is 10. The van der Waals surface area contributed by atoms with Crippen LogP contribution >= 0.6 is 0 Å². The molecular weight excluding hydrogens is 861 g/mol. The number of anilines is 5. The molecule has 0 saturated carbocycles. The molecule has 4 nitrogen and oxygen atoms in total. The summed E-state index contributed by atoms with van der Waals surface area (Å²) in [6.45, 7) is 2.38. The minimum absolute atomic E-state index is 0.387. The zero-order valence-corrected chi connectivity index (χ0v) is 39.5. The van der Waals surface area contributed by atoms with Crippen LogP contribution in [-0.2, 0) is 0 Å². The van der Waals surface area contributed by atoms with Gasteiger partial charge in [-0.3, -0.25) is 0 Å². The molecule has 0 fully saturated rings. The summed E-state index contributed by atoms with van der Waals surface area (Å²) in [5, 5.41) is 4.97. The van der Waals surface area contributed by atoms with Gasteiger partial charge in [0.15, 0.2) is 0 Å². The highest BCUT2D eigenvalue weighted by atomic mass is 15.2. The van der Waals surface area contributed by atoms with Gasteiger partial charge in [-0.15, -0.1) is 0 Å². The van der Waals surface area contributed by atoms with Crippen LogP contribution in [0.3, 0.4) is 0 Å². The van der Waals surface area contributed by atoms with E-state index in [1.807, 2.05) is 0 Å². The van der Waals surface area contributed by atoms with E-state index in [1.165, 1.54) is 60.3 Å². The third-order valence-electron chi connectivity index (χ3n) is 14.4. The van der Waals surface area contributed by atoms with Crippen molar-refractivity contribution in [2.45, 2.75) is 18.9 Å². The van der Waals surface area contributed by atoms with Gasteiger partial charge in [-0.25, -0.2) is 0 Å². The Labute approximate surface area is 414 Å². The number of allylic oxidation sites excluding steroid dienone is 2. The lowest BCUT2D eigenvalue weighted by atomic mass is 9.82. The van der Waals surface area contributed by atoms with Crippen molar-refractivity contribution in [3.63, 3.8) is 0 Å². The number of aromatic nitrogens is 2. The molecule has 0 aliphatic heterocycles. The second-order valence-corrected chi connectivity index (χ2v) is 18.8. The average molecular weight is 911 g/mol. The van der Waals surface area contributed by atoms with Crippen LogP contribution in [0.5, 0.6) is 0 Å². The predicted molar refractivity (Wildman–Crippen MR) is 300 cm³/mol. The topological polar surface area (TPSA) is 16.3 Å². The first-order valence-corrected chi connectivity index (χ1v) is 24.6. The van der Waals surface area contributed by atoms with Gasteiger partial charge in [0.2, 0.25) is 0 Å². The van der Waals surface area contributed by atoms with Crippen LogP contribution in [0.15, 0.2) is 273 Å². The number of benzene rings is 10. The van der Waals surface area contributed by atoms with Crippen molar-refractivity contribution in [3.8, 4) is 22.5 Å². The van der Waals surface area contributed by atoms with Crippen molar-refractivity contribution in [3.05, 3.63) is 279 Å². The predicted octanol–water partition coefficient (Wildman–Crippen LogP) is 18.0. The van der Waals surface area contributed by atoms with Crippen LogP contribution < -0.4 is 9.80 Å². The van der Waals surface area contributed by atoms with E-state index < -0.39 is 0 Å². The Balaban J connectivity index is 0.869. The Morgan fingerprint density at radius 2 is 0.803 bits per heavy atom. The summed E-state index contributed by atoms with van der Waals surface area (Å²) in [5.41, 5.74) is 17.1. The molecule has 0 unspecified atom stereocenters. The molecule has 0 N–H and O–H groups in total. The van der Waals surface area contributed by atoms with Crippen LogP contribution in [0.1, 0.15) is 18.9 Å². The lowest BCUT2D eigenvalue weighted by molar-refractivity contribution is 0.578. The first kappa shape index (κ1) is 42.0. The highest BCUT2D eigenvalue weighted by Gasteiger charge is 2.34. The molecule has 71 heavy (non-hydrogen) atoms. The van der Waals surface area contributed by atoms with Gasteiger partial charge in [-0.1, -0.05) is 170 Å². The van der Waals surface area contributed by atoms with Crippen molar-refractivity contribution >= 4 is 77.6 Å². The molecular formula is C67H50N4. The van der Waals surface area contributed by atoms with Gasteiger partial charge in [0.1, 0.15) is 0 Å². The smallest absolute Gasteiger partial charge is 0.0648 e. The van der Waals surface area contributed by atoms with Gasteiger partial charge in [-0.05, 0) is 139 Å². The maximum atomic E-state index is 2.53. The van der Waals surface area contributed by atoms with Gasteiger partial charge < -0.3 is 18.9 Å². The molecule has 1 aliphatic carbocycles. The summed E-state index contributed by atoms with van der Waals surface area (Å²) in [7, 11) is 0. The number of nitrogens with zero attached hydrogens (tertiary/aromatic N) is 4. The zero-order valence-electron chi connectivity index (χ0n) is 39.5. The van der Waals surface area contributed by atoms with E-state index in [2.05, 4.69) is 299 Å². The van der Waals surface area contributed by atoms with Crippen molar-refractivity contribution in [1.29, 1.82) is 0 Å². The Hall–Kier alpha value is -9.12. The molecule has 12 aromatic rings. The third-order valence-corrected chi connectivity index (χ3v) is 14.4. The van der Waals surface area contributed by atoms with Crippen LogP contribution in [0.2, 0.25) is 0 Å². The number of hydrogen-bond acceptors (Lipinski definition) is 2. The fourth-order valence-electron chi connectivity index (χ4n) is 11.2. The van der Waals surface area contributed by atoms with E-state index in [1.54, 1.807) is 0 Å². The number of para-hydroxylation sites is 6. The SMILES string of the molecule is C[C@@]1(N(c2ccccc2)c2ccc3c4ccccc4n(-c4ccccc4)c3c2)C=CC=C(c2cccc(-c3cccc(N(c4ccccc4)c4ccc5c6ccccc6n(-c6ccccc6)c5c4)c3)c2)C1. The summed E-state index contributed by atoms with van der Waals surface area (Å²) < 4.78 is 4.80. The Bertz CT molecular complexity index is 3980. The maximum absolute atomic E-state index is 2.53. The highest BCUT2D eigenvalue weighted by molar-refractivity contribution is 6.11. The van der Waals surface area contributed by atoms with Crippen LogP contribution in [0.4, 0.5) is 28.4 Å². The zero-order chi connectivity index (χ0) is 47.3. The molecule has 1 aliphatic rings. The van der Waals surface area contributed by atoms with Crippen molar-refractivity contribution < 1.29 is 0 Å². The molecule has 0 radical (unpaired) electrons. The molecule has 4 heteroatoms. The minimum atomic E-state index is -0.387. The molecule has 2 heterocycles.